The summed E-state index contributed by atoms with van der Waals surface area (Å²) in [5.74, 6) is 2.62. The normalized spacial score (nSPS) is 18.7. The smallest absolute Gasteiger partial charge is 0.138 e. The molecule has 0 N–H and O–H groups in total. The molecule has 7 rings (SSSR count). The molecule has 0 unspecified atom stereocenters. The van der Waals surface area contributed by atoms with Gasteiger partial charge in [-0.1, -0.05) is 109 Å². The lowest BCUT2D eigenvalue weighted by atomic mass is 9.75. The topological polar surface area (TPSA) is 18.1 Å². The van der Waals surface area contributed by atoms with Gasteiger partial charge in [0.1, 0.15) is 11.5 Å². The van der Waals surface area contributed by atoms with Gasteiger partial charge in [0, 0.05) is 58.6 Å². The van der Waals surface area contributed by atoms with Crippen molar-refractivity contribution in [2.45, 2.75) is 31.6 Å². The molecule has 186 valence electrons. The molecule has 0 aliphatic heterocycles. The van der Waals surface area contributed by atoms with Crippen LogP contribution in [0.3, 0.4) is 0 Å². The van der Waals surface area contributed by atoms with Crippen molar-refractivity contribution in [3.05, 3.63) is 155 Å². The van der Waals surface area contributed by atoms with Gasteiger partial charge < -0.3 is 8.98 Å². The molecule has 6 aromatic rings. The van der Waals surface area contributed by atoms with Crippen LogP contribution in [0.2, 0.25) is 0 Å². The van der Waals surface area contributed by atoms with E-state index in [-0.39, 0.29) is 17.8 Å². The van der Waals surface area contributed by atoms with Crippen LogP contribution in [0.25, 0.3) is 22.2 Å². The lowest BCUT2D eigenvalue weighted by Gasteiger charge is -2.28. The lowest BCUT2D eigenvalue weighted by Crippen LogP contribution is -2.14. The monoisotopic (exact) mass is 493 g/mol. The first-order valence-electron chi connectivity index (χ1n) is 13.5. The molecule has 2 nitrogen and oxygen atoms in total. The largest absolute Gasteiger partial charge is 0.461 e. The van der Waals surface area contributed by atoms with E-state index in [4.69, 9.17) is 4.42 Å². The third-order valence-corrected chi connectivity index (χ3v) is 8.43. The minimum atomic E-state index is 0.150. The summed E-state index contributed by atoms with van der Waals surface area (Å²) in [6.07, 6.45) is 2.35. The Morgan fingerprint density at radius 2 is 1.26 bits per heavy atom. The molecule has 1 aliphatic carbocycles. The predicted octanol–water partition coefficient (Wildman–Crippen LogP) is 9.12. The molecule has 0 saturated carbocycles. The molecule has 0 bridgehead atoms. The molecule has 4 aromatic carbocycles. The molecule has 0 radical (unpaired) electrons. The number of aryl methyl sites for hydroxylation is 3. The van der Waals surface area contributed by atoms with Crippen LogP contribution < -0.4 is 0 Å². The third kappa shape index (κ3) is 3.48. The van der Waals surface area contributed by atoms with E-state index in [0.717, 1.165) is 17.1 Å². The summed E-state index contributed by atoms with van der Waals surface area (Å²) in [4.78, 5) is 0. The van der Waals surface area contributed by atoms with E-state index in [0.29, 0.717) is 0 Å². The van der Waals surface area contributed by atoms with Gasteiger partial charge in [-0.2, -0.15) is 0 Å². The summed E-state index contributed by atoms with van der Waals surface area (Å²) in [6.45, 7) is 4.29. The van der Waals surface area contributed by atoms with E-state index in [9.17, 15) is 0 Å². The van der Waals surface area contributed by atoms with E-state index < -0.39 is 0 Å². The van der Waals surface area contributed by atoms with Crippen LogP contribution in [-0.2, 0) is 7.05 Å². The van der Waals surface area contributed by atoms with E-state index in [1.54, 1.807) is 0 Å². The Morgan fingerprint density at radius 3 is 1.97 bits per heavy atom. The van der Waals surface area contributed by atoms with Gasteiger partial charge in [-0.25, -0.2) is 0 Å². The van der Waals surface area contributed by atoms with Crippen molar-refractivity contribution in [2.75, 3.05) is 0 Å². The average Bonchev–Trinajstić information content (AvgIpc) is 3.59. The number of benzene rings is 4. The molecular formula is C36H31NO. The van der Waals surface area contributed by atoms with Crippen molar-refractivity contribution < 1.29 is 4.42 Å². The Hall–Kier alpha value is -4.30. The van der Waals surface area contributed by atoms with Gasteiger partial charge in [-0.05, 0) is 36.6 Å². The van der Waals surface area contributed by atoms with Gasteiger partial charge in [0.25, 0.3) is 0 Å². The number of rotatable bonds is 4. The Balaban J connectivity index is 1.58. The molecule has 3 atom stereocenters. The van der Waals surface area contributed by atoms with Gasteiger partial charge in [0.15, 0.2) is 0 Å². The van der Waals surface area contributed by atoms with E-state index in [1.807, 2.05) is 0 Å². The Bertz CT molecular complexity index is 1740. The van der Waals surface area contributed by atoms with Crippen molar-refractivity contribution in [1.29, 1.82) is 0 Å². The van der Waals surface area contributed by atoms with Crippen LogP contribution in [0.15, 0.2) is 120 Å². The second-order valence-electron chi connectivity index (χ2n) is 10.7. The van der Waals surface area contributed by atoms with E-state index >= 15 is 0 Å². The summed E-state index contributed by atoms with van der Waals surface area (Å²) in [6, 6.07) is 39.7. The van der Waals surface area contributed by atoms with Crippen LogP contribution in [-0.4, -0.2) is 4.57 Å². The maximum Gasteiger partial charge on any atom is 0.138 e. The summed E-state index contributed by atoms with van der Waals surface area (Å²) in [7, 11) is 2.16. The van der Waals surface area contributed by atoms with Crippen molar-refractivity contribution in [1.82, 2.24) is 4.57 Å². The number of nitrogens with zero attached hydrogens (tertiary/aromatic N) is 1. The molecule has 0 saturated heterocycles. The highest BCUT2D eigenvalue weighted by Crippen LogP contribution is 2.61. The van der Waals surface area contributed by atoms with Gasteiger partial charge in [-0.15, -0.1) is 0 Å². The van der Waals surface area contributed by atoms with Crippen LogP contribution in [0.4, 0.5) is 0 Å². The first-order chi connectivity index (χ1) is 18.6. The molecule has 38 heavy (non-hydrogen) atoms. The van der Waals surface area contributed by atoms with E-state index in [2.05, 4.69) is 141 Å². The zero-order chi connectivity index (χ0) is 25.8. The molecule has 0 fully saturated rings. The fourth-order valence-corrected chi connectivity index (χ4v) is 6.81. The van der Waals surface area contributed by atoms with Crippen molar-refractivity contribution in [2.24, 2.45) is 7.05 Å². The summed E-state index contributed by atoms with van der Waals surface area (Å²) in [5.41, 5.74) is 10.4. The fraction of sp³-hybridized carbons (Fsp3) is 0.167. The average molecular weight is 494 g/mol. The van der Waals surface area contributed by atoms with Crippen molar-refractivity contribution in [3.8, 4) is 11.3 Å². The highest BCUT2D eigenvalue weighted by atomic mass is 16.3. The minimum absolute atomic E-state index is 0.150. The number of furan rings is 1. The van der Waals surface area contributed by atoms with Gasteiger partial charge in [-0.3, -0.25) is 0 Å². The van der Waals surface area contributed by atoms with Gasteiger partial charge >= 0.3 is 0 Å². The van der Waals surface area contributed by atoms with Crippen molar-refractivity contribution >= 4 is 10.9 Å². The summed E-state index contributed by atoms with van der Waals surface area (Å²) >= 11 is 0. The number of fused-ring (bicyclic) bond motifs is 2. The van der Waals surface area contributed by atoms with Gasteiger partial charge in [0.05, 0.1) is 0 Å². The number of hydrogen-bond donors (Lipinski definition) is 0. The quantitative estimate of drug-likeness (QED) is 0.239. The zero-order valence-corrected chi connectivity index (χ0v) is 22.1. The Labute approximate surface area is 224 Å². The molecular weight excluding hydrogens is 462 g/mol. The van der Waals surface area contributed by atoms with Crippen LogP contribution in [0.5, 0.6) is 0 Å². The number of para-hydroxylation sites is 1. The second-order valence-corrected chi connectivity index (χ2v) is 10.7. The molecule has 1 aliphatic rings. The van der Waals surface area contributed by atoms with Crippen LogP contribution >= 0.6 is 0 Å². The maximum atomic E-state index is 6.71. The standard InChI is InChI=1S/C36H31NO/c1-23-18-20-27(21-19-23)36-35-31(24(2)38-36)32(25-12-6-4-7-13-25)33(26-14-8-5-9-15-26)34(35)29-22-37(3)30-17-11-10-16-28(29)30/h4-22,32-34H,1-3H3/t32-,33+,34-/m0/s1. The Kier molecular flexibility index (Phi) is 5.37. The fourth-order valence-electron chi connectivity index (χ4n) is 6.81. The van der Waals surface area contributed by atoms with Crippen LogP contribution in [0, 0.1) is 13.8 Å². The summed E-state index contributed by atoms with van der Waals surface area (Å²) < 4.78 is 8.99. The summed E-state index contributed by atoms with van der Waals surface area (Å²) in [5, 5.41) is 1.31. The van der Waals surface area contributed by atoms with E-state index in [1.165, 1.54) is 44.3 Å². The zero-order valence-electron chi connectivity index (χ0n) is 22.1. The minimum Gasteiger partial charge on any atom is -0.461 e. The predicted molar refractivity (Wildman–Crippen MR) is 156 cm³/mol. The second kappa shape index (κ2) is 8.92. The highest BCUT2D eigenvalue weighted by molar-refractivity contribution is 5.86. The molecule has 2 heterocycles. The highest BCUT2D eigenvalue weighted by Gasteiger charge is 2.48. The molecule has 0 spiro atoms. The van der Waals surface area contributed by atoms with Crippen molar-refractivity contribution in [3.63, 3.8) is 0 Å². The first kappa shape index (κ1) is 22.9. The Morgan fingerprint density at radius 1 is 0.632 bits per heavy atom. The SMILES string of the molecule is Cc1ccc(-c2oc(C)c3c2[C@@H](c2cn(C)c4ccccc24)[C@H](c2ccccc2)[C@H]3c2ccccc2)cc1. The molecule has 0 amide bonds. The van der Waals surface area contributed by atoms with Crippen LogP contribution in [0.1, 0.15) is 56.9 Å². The first-order valence-corrected chi connectivity index (χ1v) is 13.5. The molecule has 2 heteroatoms. The third-order valence-electron chi connectivity index (χ3n) is 8.43. The molecule has 2 aromatic heterocycles. The lowest BCUT2D eigenvalue weighted by molar-refractivity contribution is 0.511. The number of hydrogen-bond acceptors (Lipinski definition) is 1. The van der Waals surface area contributed by atoms with Gasteiger partial charge in [0.2, 0.25) is 0 Å². The number of aromatic nitrogens is 1. The maximum absolute atomic E-state index is 6.71.